The molecule has 2 aromatic heterocycles. The van der Waals surface area contributed by atoms with Gasteiger partial charge < -0.3 is 9.88 Å². The van der Waals surface area contributed by atoms with Crippen LogP contribution in [0.2, 0.25) is 0 Å². The molecule has 3 rings (SSSR count). The van der Waals surface area contributed by atoms with E-state index >= 15 is 0 Å². The van der Waals surface area contributed by atoms with Crippen LogP contribution in [0, 0.1) is 5.82 Å². The zero-order chi connectivity index (χ0) is 14.7. The van der Waals surface area contributed by atoms with Crippen LogP contribution in [0.3, 0.4) is 0 Å². The second-order valence-corrected chi connectivity index (χ2v) is 6.17. The molecular weight excluding hydrogens is 285 g/mol. The molecule has 0 unspecified atom stereocenters. The van der Waals surface area contributed by atoms with Gasteiger partial charge in [-0.05, 0) is 30.7 Å². The van der Waals surface area contributed by atoms with Crippen LogP contribution in [0.5, 0.6) is 0 Å². The molecule has 1 aromatic carbocycles. The third kappa shape index (κ3) is 2.99. The maximum absolute atomic E-state index is 14.2. The van der Waals surface area contributed by atoms with E-state index in [-0.39, 0.29) is 5.82 Å². The summed E-state index contributed by atoms with van der Waals surface area (Å²) in [6.07, 6.45) is 6.53. The number of hydrogen-bond acceptors (Lipinski definition) is 3. The molecule has 3 aromatic rings. The highest BCUT2D eigenvalue weighted by atomic mass is 32.1. The van der Waals surface area contributed by atoms with E-state index in [0.717, 1.165) is 35.2 Å². The van der Waals surface area contributed by atoms with Gasteiger partial charge in [-0.1, -0.05) is 13.0 Å². The van der Waals surface area contributed by atoms with Gasteiger partial charge in [0.15, 0.2) is 0 Å². The third-order valence-electron chi connectivity index (χ3n) is 3.46. The van der Waals surface area contributed by atoms with Gasteiger partial charge >= 0.3 is 0 Å². The van der Waals surface area contributed by atoms with Crippen molar-refractivity contribution in [3.05, 3.63) is 53.2 Å². The van der Waals surface area contributed by atoms with Crippen molar-refractivity contribution in [1.82, 2.24) is 14.9 Å². The van der Waals surface area contributed by atoms with E-state index in [1.807, 2.05) is 16.8 Å². The van der Waals surface area contributed by atoms with Crippen LogP contribution in [-0.2, 0) is 13.1 Å². The van der Waals surface area contributed by atoms with Crippen molar-refractivity contribution in [2.24, 2.45) is 0 Å². The minimum absolute atomic E-state index is 0.138. The number of imidazole rings is 1. The molecule has 0 aliphatic carbocycles. The summed E-state index contributed by atoms with van der Waals surface area (Å²) < 4.78 is 17.2. The zero-order valence-electron chi connectivity index (χ0n) is 12.0. The molecule has 0 amide bonds. The number of fused-ring (bicyclic) bond motifs is 1. The van der Waals surface area contributed by atoms with Crippen molar-refractivity contribution in [3.8, 4) is 0 Å². The number of hydrogen-bond donors (Lipinski definition) is 1. The molecule has 110 valence electrons. The van der Waals surface area contributed by atoms with Crippen molar-refractivity contribution in [1.29, 1.82) is 0 Å². The SMILES string of the molecule is CCCNCc1sc2cccc(F)c2c1Cn1ccnc1. The fraction of sp³-hybridized carbons (Fsp3) is 0.312. The van der Waals surface area contributed by atoms with Crippen molar-refractivity contribution < 1.29 is 4.39 Å². The van der Waals surface area contributed by atoms with Gasteiger partial charge in [-0.3, -0.25) is 0 Å². The summed E-state index contributed by atoms with van der Waals surface area (Å²) >= 11 is 1.67. The second-order valence-electron chi connectivity index (χ2n) is 5.03. The van der Waals surface area contributed by atoms with Gasteiger partial charge in [0.25, 0.3) is 0 Å². The van der Waals surface area contributed by atoms with Gasteiger partial charge in [-0.15, -0.1) is 11.3 Å². The predicted octanol–water partition coefficient (Wildman–Crippen LogP) is 3.78. The molecule has 0 saturated carbocycles. The Morgan fingerprint density at radius 3 is 3.05 bits per heavy atom. The first-order valence-electron chi connectivity index (χ1n) is 7.14. The Kier molecular flexibility index (Phi) is 4.31. The number of nitrogens with one attached hydrogen (secondary N) is 1. The maximum Gasteiger partial charge on any atom is 0.132 e. The third-order valence-corrected chi connectivity index (χ3v) is 4.66. The lowest BCUT2D eigenvalue weighted by Crippen LogP contribution is -2.14. The van der Waals surface area contributed by atoms with Crippen molar-refractivity contribution in [2.45, 2.75) is 26.4 Å². The van der Waals surface area contributed by atoms with E-state index in [4.69, 9.17) is 0 Å². The smallest absolute Gasteiger partial charge is 0.132 e. The lowest BCUT2D eigenvalue weighted by atomic mass is 10.1. The lowest BCUT2D eigenvalue weighted by molar-refractivity contribution is 0.636. The highest BCUT2D eigenvalue weighted by Gasteiger charge is 2.15. The van der Waals surface area contributed by atoms with Gasteiger partial charge in [-0.2, -0.15) is 0 Å². The predicted molar refractivity (Wildman–Crippen MR) is 85.1 cm³/mol. The van der Waals surface area contributed by atoms with E-state index in [1.165, 1.54) is 10.9 Å². The molecule has 2 heterocycles. The van der Waals surface area contributed by atoms with Crippen LogP contribution in [0.1, 0.15) is 23.8 Å². The number of thiophene rings is 1. The lowest BCUT2D eigenvalue weighted by Gasteiger charge is -2.07. The first kappa shape index (κ1) is 14.2. The molecule has 21 heavy (non-hydrogen) atoms. The Morgan fingerprint density at radius 1 is 1.38 bits per heavy atom. The standard InChI is InChI=1S/C16H18FN3S/c1-2-6-18-9-15-12(10-20-8-7-19-11-20)16-13(17)4-3-5-14(16)21-15/h3-5,7-8,11,18H,2,6,9-10H2,1H3. The van der Waals surface area contributed by atoms with Gasteiger partial charge in [-0.25, -0.2) is 9.37 Å². The van der Waals surface area contributed by atoms with Gasteiger partial charge in [0.05, 0.1) is 12.9 Å². The highest BCUT2D eigenvalue weighted by molar-refractivity contribution is 7.19. The number of rotatable bonds is 6. The summed E-state index contributed by atoms with van der Waals surface area (Å²) in [5.74, 6) is -0.138. The molecule has 0 aliphatic rings. The molecule has 0 aliphatic heterocycles. The first-order valence-corrected chi connectivity index (χ1v) is 7.96. The molecule has 1 N–H and O–H groups in total. The normalized spacial score (nSPS) is 11.3. The minimum Gasteiger partial charge on any atom is -0.333 e. The molecule has 0 bridgehead atoms. The van der Waals surface area contributed by atoms with Gasteiger partial charge in [0.1, 0.15) is 5.82 Å². The summed E-state index contributed by atoms with van der Waals surface area (Å²) in [5.41, 5.74) is 1.06. The van der Waals surface area contributed by atoms with Crippen LogP contribution in [0.15, 0.2) is 36.9 Å². The van der Waals surface area contributed by atoms with Gasteiger partial charge in [0, 0.05) is 33.9 Å². The molecular formula is C16H18FN3S. The van der Waals surface area contributed by atoms with Crippen molar-refractivity contribution in [3.63, 3.8) is 0 Å². The molecule has 0 saturated heterocycles. The molecule has 0 atom stereocenters. The molecule has 3 nitrogen and oxygen atoms in total. The summed E-state index contributed by atoms with van der Waals surface area (Å²) in [7, 11) is 0. The largest absolute Gasteiger partial charge is 0.333 e. The molecule has 0 radical (unpaired) electrons. The van der Waals surface area contributed by atoms with Crippen LogP contribution in [-0.4, -0.2) is 16.1 Å². The summed E-state index contributed by atoms with van der Waals surface area (Å²) in [6, 6.07) is 5.30. The summed E-state index contributed by atoms with van der Waals surface area (Å²) in [6.45, 7) is 4.56. The molecule has 5 heteroatoms. The van der Waals surface area contributed by atoms with E-state index in [1.54, 1.807) is 29.9 Å². The minimum atomic E-state index is -0.138. The fourth-order valence-corrected chi connectivity index (χ4v) is 3.67. The average Bonchev–Trinajstić information content (AvgIpc) is 3.09. The Labute approximate surface area is 127 Å². The molecule has 0 fully saturated rings. The monoisotopic (exact) mass is 303 g/mol. The Bertz CT molecular complexity index is 719. The fourth-order valence-electron chi connectivity index (χ4n) is 2.47. The van der Waals surface area contributed by atoms with E-state index in [0.29, 0.717) is 6.54 Å². The molecule has 0 spiro atoms. The number of benzene rings is 1. The Hall–Kier alpha value is -1.72. The van der Waals surface area contributed by atoms with Crippen LogP contribution in [0.4, 0.5) is 4.39 Å². The Balaban J connectivity index is 2.01. The average molecular weight is 303 g/mol. The highest BCUT2D eigenvalue weighted by Crippen LogP contribution is 2.33. The second kappa shape index (κ2) is 6.37. The maximum atomic E-state index is 14.2. The van der Waals surface area contributed by atoms with E-state index < -0.39 is 0 Å². The van der Waals surface area contributed by atoms with Crippen LogP contribution < -0.4 is 5.32 Å². The van der Waals surface area contributed by atoms with Crippen LogP contribution in [0.25, 0.3) is 10.1 Å². The number of aromatic nitrogens is 2. The van der Waals surface area contributed by atoms with Crippen molar-refractivity contribution >= 4 is 21.4 Å². The number of halogens is 1. The van der Waals surface area contributed by atoms with E-state index in [9.17, 15) is 4.39 Å². The first-order chi connectivity index (χ1) is 10.3. The summed E-state index contributed by atoms with van der Waals surface area (Å²) in [5, 5.41) is 4.17. The summed E-state index contributed by atoms with van der Waals surface area (Å²) in [4.78, 5) is 5.27. The Morgan fingerprint density at radius 2 is 2.29 bits per heavy atom. The zero-order valence-corrected chi connectivity index (χ0v) is 12.8. The van der Waals surface area contributed by atoms with Gasteiger partial charge in [0.2, 0.25) is 0 Å². The van der Waals surface area contributed by atoms with Crippen molar-refractivity contribution in [2.75, 3.05) is 6.54 Å². The number of nitrogens with zero attached hydrogens (tertiary/aromatic N) is 2. The topological polar surface area (TPSA) is 29.9 Å². The van der Waals surface area contributed by atoms with Crippen LogP contribution >= 0.6 is 11.3 Å². The van der Waals surface area contributed by atoms with E-state index in [2.05, 4.69) is 17.2 Å². The quantitative estimate of drug-likeness (QED) is 0.702.